The molecular formula is C15H29N3O2. The first kappa shape index (κ1) is 17.0. The minimum Gasteiger partial charge on any atom is -0.355 e. The van der Waals surface area contributed by atoms with E-state index in [0.29, 0.717) is 25.6 Å². The van der Waals surface area contributed by atoms with Gasteiger partial charge in [-0.2, -0.15) is 0 Å². The number of nitrogens with zero attached hydrogens (tertiary/aromatic N) is 2. The highest BCUT2D eigenvalue weighted by Gasteiger charge is 2.29. The van der Waals surface area contributed by atoms with Gasteiger partial charge in [-0.05, 0) is 5.92 Å². The van der Waals surface area contributed by atoms with E-state index in [1.807, 2.05) is 25.7 Å². The molecule has 0 saturated carbocycles. The maximum Gasteiger partial charge on any atom is 0.234 e. The van der Waals surface area contributed by atoms with Gasteiger partial charge in [-0.1, -0.05) is 34.6 Å². The second-order valence-electron chi connectivity index (χ2n) is 7.02. The number of carbonyl (C=O) groups excluding carboxylic acids is 2. The fourth-order valence-electron chi connectivity index (χ4n) is 2.16. The van der Waals surface area contributed by atoms with Crippen molar-refractivity contribution in [2.24, 2.45) is 11.3 Å². The summed E-state index contributed by atoms with van der Waals surface area (Å²) in [7, 11) is 0. The normalized spacial score (nSPS) is 17.4. The topological polar surface area (TPSA) is 52.7 Å². The molecule has 1 fully saturated rings. The molecule has 1 aliphatic heterocycles. The summed E-state index contributed by atoms with van der Waals surface area (Å²) in [6.07, 6.45) is 0. The lowest BCUT2D eigenvalue weighted by molar-refractivity contribution is -0.141. The van der Waals surface area contributed by atoms with Crippen LogP contribution in [0.25, 0.3) is 0 Å². The molecule has 0 aromatic carbocycles. The van der Waals surface area contributed by atoms with Crippen LogP contribution in [0.1, 0.15) is 34.6 Å². The van der Waals surface area contributed by atoms with Crippen molar-refractivity contribution in [3.05, 3.63) is 0 Å². The zero-order chi connectivity index (χ0) is 15.3. The van der Waals surface area contributed by atoms with Crippen LogP contribution < -0.4 is 5.32 Å². The Balaban J connectivity index is 2.32. The molecule has 0 bridgehead atoms. The standard InChI is InChI=1S/C15H29N3O2/c1-12(2)10-16-13(19)11-17-6-8-18(9-7-17)14(20)15(3,4)5/h12H,6-11H2,1-5H3,(H,16,19). The van der Waals surface area contributed by atoms with Crippen LogP contribution in [0, 0.1) is 11.3 Å². The Hall–Kier alpha value is -1.10. The average Bonchev–Trinajstić information content (AvgIpc) is 2.35. The van der Waals surface area contributed by atoms with E-state index in [-0.39, 0.29) is 17.2 Å². The van der Waals surface area contributed by atoms with Crippen LogP contribution in [-0.4, -0.2) is 60.9 Å². The van der Waals surface area contributed by atoms with Crippen molar-refractivity contribution in [2.45, 2.75) is 34.6 Å². The summed E-state index contributed by atoms with van der Waals surface area (Å²) in [4.78, 5) is 27.9. The first-order valence-electron chi connectivity index (χ1n) is 7.48. The predicted octanol–water partition coefficient (Wildman–Crippen LogP) is 0.949. The molecule has 0 radical (unpaired) electrons. The van der Waals surface area contributed by atoms with Gasteiger partial charge in [0.05, 0.1) is 6.54 Å². The van der Waals surface area contributed by atoms with Crippen molar-refractivity contribution in [1.29, 1.82) is 0 Å². The summed E-state index contributed by atoms with van der Waals surface area (Å²) < 4.78 is 0. The van der Waals surface area contributed by atoms with Gasteiger partial charge in [0, 0.05) is 38.1 Å². The molecule has 5 heteroatoms. The minimum atomic E-state index is -0.323. The van der Waals surface area contributed by atoms with Crippen molar-refractivity contribution in [2.75, 3.05) is 39.3 Å². The fraction of sp³-hybridized carbons (Fsp3) is 0.867. The van der Waals surface area contributed by atoms with Gasteiger partial charge in [-0.25, -0.2) is 0 Å². The van der Waals surface area contributed by atoms with E-state index in [1.165, 1.54) is 0 Å². The monoisotopic (exact) mass is 283 g/mol. The van der Waals surface area contributed by atoms with E-state index < -0.39 is 0 Å². The number of piperazine rings is 1. The van der Waals surface area contributed by atoms with Crippen LogP contribution in [0.5, 0.6) is 0 Å². The van der Waals surface area contributed by atoms with Gasteiger partial charge >= 0.3 is 0 Å². The van der Waals surface area contributed by atoms with Crippen molar-refractivity contribution in [1.82, 2.24) is 15.1 Å². The Bertz CT molecular complexity index is 340. The summed E-state index contributed by atoms with van der Waals surface area (Å²) in [5.41, 5.74) is -0.323. The first-order chi connectivity index (χ1) is 9.20. The summed E-state index contributed by atoms with van der Waals surface area (Å²) in [6, 6.07) is 0. The molecule has 2 amide bonds. The quantitative estimate of drug-likeness (QED) is 0.836. The summed E-state index contributed by atoms with van der Waals surface area (Å²) in [6.45, 7) is 14.1. The van der Waals surface area contributed by atoms with Gasteiger partial charge in [0.25, 0.3) is 0 Å². The number of hydrogen-bond donors (Lipinski definition) is 1. The molecule has 1 saturated heterocycles. The Morgan fingerprint density at radius 1 is 1.10 bits per heavy atom. The number of carbonyl (C=O) groups is 2. The molecule has 5 nitrogen and oxygen atoms in total. The van der Waals surface area contributed by atoms with E-state index in [1.54, 1.807) is 0 Å². The van der Waals surface area contributed by atoms with Gasteiger partial charge < -0.3 is 10.2 Å². The molecule has 1 N–H and O–H groups in total. The highest BCUT2D eigenvalue weighted by molar-refractivity contribution is 5.81. The third kappa shape index (κ3) is 5.49. The second kappa shape index (κ2) is 7.07. The Morgan fingerprint density at radius 2 is 1.65 bits per heavy atom. The molecule has 0 aromatic heterocycles. The second-order valence-corrected chi connectivity index (χ2v) is 7.02. The van der Waals surface area contributed by atoms with E-state index in [9.17, 15) is 9.59 Å². The summed E-state index contributed by atoms with van der Waals surface area (Å²) in [5.74, 6) is 0.746. The van der Waals surface area contributed by atoms with Gasteiger partial charge in [0.1, 0.15) is 0 Å². The third-order valence-corrected chi connectivity index (χ3v) is 3.38. The number of nitrogens with one attached hydrogen (secondary N) is 1. The lowest BCUT2D eigenvalue weighted by Gasteiger charge is -2.37. The Kier molecular flexibility index (Phi) is 5.99. The van der Waals surface area contributed by atoms with Crippen LogP contribution in [0.15, 0.2) is 0 Å². The Morgan fingerprint density at radius 3 is 2.10 bits per heavy atom. The third-order valence-electron chi connectivity index (χ3n) is 3.38. The molecular weight excluding hydrogens is 254 g/mol. The lowest BCUT2D eigenvalue weighted by Crippen LogP contribution is -2.53. The van der Waals surface area contributed by atoms with E-state index in [2.05, 4.69) is 24.1 Å². The zero-order valence-corrected chi connectivity index (χ0v) is 13.5. The van der Waals surface area contributed by atoms with E-state index in [0.717, 1.165) is 19.6 Å². The fourth-order valence-corrected chi connectivity index (χ4v) is 2.16. The van der Waals surface area contributed by atoms with Crippen LogP contribution in [0.2, 0.25) is 0 Å². The van der Waals surface area contributed by atoms with Crippen molar-refractivity contribution < 1.29 is 9.59 Å². The molecule has 1 aliphatic rings. The maximum absolute atomic E-state index is 12.2. The molecule has 1 heterocycles. The maximum atomic E-state index is 12.2. The smallest absolute Gasteiger partial charge is 0.234 e. The van der Waals surface area contributed by atoms with E-state index >= 15 is 0 Å². The lowest BCUT2D eigenvalue weighted by atomic mass is 9.94. The highest BCUT2D eigenvalue weighted by Crippen LogP contribution is 2.18. The van der Waals surface area contributed by atoms with Gasteiger partial charge in [-0.3, -0.25) is 14.5 Å². The molecule has 0 atom stereocenters. The molecule has 1 rings (SSSR count). The predicted molar refractivity (Wildman–Crippen MR) is 80.3 cm³/mol. The van der Waals surface area contributed by atoms with Crippen LogP contribution in [-0.2, 0) is 9.59 Å². The number of amides is 2. The van der Waals surface area contributed by atoms with Crippen molar-refractivity contribution >= 4 is 11.8 Å². The molecule has 0 aromatic rings. The number of rotatable bonds is 4. The average molecular weight is 283 g/mol. The van der Waals surface area contributed by atoms with Gasteiger partial charge in [0.15, 0.2) is 0 Å². The molecule has 116 valence electrons. The molecule has 20 heavy (non-hydrogen) atoms. The van der Waals surface area contributed by atoms with E-state index in [4.69, 9.17) is 0 Å². The van der Waals surface area contributed by atoms with Crippen molar-refractivity contribution in [3.63, 3.8) is 0 Å². The summed E-state index contributed by atoms with van der Waals surface area (Å²) in [5, 5.41) is 2.93. The largest absolute Gasteiger partial charge is 0.355 e. The van der Waals surface area contributed by atoms with Gasteiger partial charge in [-0.15, -0.1) is 0 Å². The SMILES string of the molecule is CC(C)CNC(=O)CN1CCN(C(=O)C(C)(C)C)CC1. The van der Waals surface area contributed by atoms with Crippen LogP contribution in [0.4, 0.5) is 0 Å². The first-order valence-corrected chi connectivity index (χ1v) is 7.48. The highest BCUT2D eigenvalue weighted by atomic mass is 16.2. The minimum absolute atomic E-state index is 0.0781. The van der Waals surface area contributed by atoms with Gasteiger partial charge in [0.2, 0.25) is 11.8 Å². The number of hydrogen-bond acceptors (Lipinski definition) is 3. The zero-order valence-electron chi connectivity index (χ0n) is 13.5. The van der Waals surface area contributed by atoms with Crippen LogP contribution >= 0.6 is 0 Å². The molecule has 0 unspecified atom stereocenters. The molecule has 0 aliphatic carbocycles. The molecule has 0 spiro atoms. The Labute approximate surface area is 122 Å². The van der Waals surface area contributed by atoms with Crippen LogP contribution in [0.3, 0.4) is 0 Å². The summed E-state index contributed by atoms with van der Waals surface area (Å²) >= 11 is 0. The van der Waals surface area contributed by atoms with Crippen molar-refractivity contribution in [3.8, 4) is 0 Å².